The number of anilines is 1. The zero-order chi connectivity index (χ0) is 56.4. The molecule has 400 valence electrons. The van der Waals surface area contributed by atoms with E-state index in [4.69, 9.17) is 15.8 Å². The van der Waals surface area contributed by atoms with Crippen LogP contribution in [-0.2, 0) is 0 Å². The van der Waals surface area contributed by atoms with Crippen molar-refractivity contribution in [3.63, 3.8) is 0 Å². The lowest BCUT2D eigenvalue weighted by Crippen LogP contribution is -2.35. The van der Waals surface area contributed by atoms with Crippen LogP contribution in [-0.4, -0.2) is 71.4 Å². The van der Waals surface area contributed by atoms with Gasteiger partial charge in [0.05, 0.1) is 62.5 Å². The van der Waals surface area contributed by atoms with Gasteiger partial charge in [0.15, 0.2) is 0 Å². The van der Waals surface area contributed by atoms with Crippen LogP contribution in [0.25, 0.3) is 58.0 Å². The number of ketones is 2. The second-order valence-electron chi connectivity index (χ2n) is 22.8. The zero-order valence-electron chi connectivity index (χ0n) is 46.0. The van der Waals surface area contributed by atoms with Gasteiger partial charge in [0.2, 0.25) is 11.6 Å². The number of Topliss-reactive ketones (excluding diaryl/α,β-unsaturated/α-hetero) is 2. The highest BCUT2D eigenvalue weighted by Gasteiger charge is 2.37. The van der Waals surface area contributed by atoms with E-state index in [1.54, 1.807) is 50.7 Å². The third-order valence-corrected chi connectivity index (χ3v) is 32.5. The minimum Gasteiger partial charge on any atom is -0.399 e. The van der Waals surface area contributed by atoms with Crippen LogP contribution >= 0.6 is 77.2 Å². The van der Waals surface area contributed by atoms with Crippen LogP contribution in [0.15, 0.2) is 142 Å². The van der Waals surface area contributed by atoms with Gasteiger partial charge in [-0.05, 0) is 97.7 Å². The van der Waals surface area contributed by atoms with Gasteiger partial charge in [-0.2, -0.15) is 0 Å². The number of aliphatic hydroxyl groups is 1. The largest absolute Gasteiger partial charge is 0.399 e. The van der Waals surface area contributed by atoms with Crippen molar-refractivity contribution in [2.75, 3.05) is 12.3 Å². The molecule has 11 rings (SSSR count). The van der Waals surface area contributed by atoms with Gasteiger partial charge in [0.1, 0.15) is 12.1 Å². The van der Waals surface area contributed by atoms with E-state index in [0.29, 0.717) is 16.7 Å². The summed E-state index contributed by atoms with van der Waals surface area (Å²) < 4.78 is 13.0. The van der Waals surface area contributed by atoms with Gasteiger partial charge in [-0.1, -0.05) is 171 Å². The molecule has 5 aromatic heterocycles. The third kappa shape index (κ3) is 13.9. The second kappa shape index (κ2) is 24.5. The predicted octanol–water partition coefficient (Wildman–Crippen LogP) is 16.4. The lowest BCUT2D eigenvalue weighted by Gasteiger charge is -2.12. The summed E-state index contributed by atoms with van der Waals surface area (Å²) in [4.78, 5) is 42.5. The summed E-state index contributed by atoms with van der Waals surface area (Å²) in [6.07, 6.45) is 0.826. The Balaban J connectivity index is 0.000000176. The molecule has 0 bridgehead atoms. The Hall–Kier alpha value is -4.51. The summed E-state index contributed by atoms with van der Waals surface area (Å²) in [6, 6.07) is 44.9. The molecule has 3 N–H and O–H groups in total. The van der Waals surface area contributed by atoms with Crippen LogP contribution in [0, 0.1) is 0 Å². The molecule has 0 saturated carbocycles. The topological polar surface area (TPSA) is 115 Å². The highest BCUT2D eigenvalue weighted by atomic mass is 79.9. The molecule has 5 heterocycles. The van der Waals surface area contributed by atoms with E-state index in [2.05, 4.69) is 182 Å². The van der Waals surface area contributed by atoms with Crippen molar-refractivity contribution in [1.82, 2.24) is 9.55 Å². The summed E-state index contributed by atoms with van der Waals surface area (Å²) in [5, 5.41) is 10.2. The van der Waals surface area contributed by atoms with Crippen molar-refractivity contribution in [1.29, 1.82) is 0 Å². The van der Waals surface area contributed by atoms with Gasteiger partial charge in [0, 0.05) is 60.0 Å². The normalized spacial score (nSPS) is 12.4. The number of benzene rings is 5. The first-order valence-corrected chi connectivity index (χ1v) is 44.2. The molecule has 0 unspecified atom stereocenters. The summed E-state index contributed by atoms with van der Waals surface area (Å²) in [7, 11) is -5.92. The Morgan fingerprint density at radius 2 is 0.948 bits per heavy atom. The molecule has 1 aliphatic carbocycles. The van der Waals surface area contributed by atoms with E-state index in [1.165, 1.54) is 34.7 Å². The number of imidazole rings is 1. The first-order valence-electron chi connectivity index (χ1n) is 25.4. The number of nitrogens with two attached hydrogens (primary N) is 1. The second-order valence-corrected chi connectivity index (χ2v) is 50.4. The molecule has 77 heavy (non-hydrogen) atoms. The smallest absolute Gasteiger partial charge is 0.235 e. The number of carbonyl (C=O) groups is 3. The van der Waals surface area contributed by atoms with E-state index < -0.39 is 32.3 Å². The number of hydrogen-bond acceptors (Lipinski definition) is 10. The van der Waals surface area contributed by atoms with Gasteiger partial charge in [-0.3, -0.25) is 19.0 Å². The highest BCUT2D eigenvalue weighted by Crippen LogP contribution is 2.44. The van der Waals surface area contributed by atoms with Crippen molar-refractivity contribution in [3.8, 4) is 26.8 Å². The predicted molar refractivity (Wildman–Crippen MR) is 356 cm³/mol. The van der Waals surface area contributed by atoms with Crippen LogP contribution in [0.1, 0.15) is 38.0 Å². The Morgan fingerprint density at radius 3 is 1.35 bits per heavy atom. The van der Waals surface area contributed by atoms with Crippen molar-refractivity contribution in [2.24, 2.45) is 0 Å². The van der Waals surface area contributed by atoms with Crippen LogP contribution in [0.2, 0.25) is 78.6 Å². The Kier molecular flexibility index (Phi) is 19.1. The lowest BCUT2D eigenvalue weighted by atomic mass is 9.96. The molecule has 1 aliphatic rings. The number of halogens is 2. The molecule has 5 aromatic carbocycles. The van der Waals surface area contributed by atoms with Crippen LogP contribution in [0.3, 0.4) is 0 Å². The van der Waals surface area contributed by atoms with Crippen LogP contribution in [0.4, 0.5) is 5.69 Å². The molecule has 0 radical (unpaired) electrons. The average molecular weight is 1290 g/mol. The summed E-state index contributed by atoms with van der Waals surface area (Å²) in [6.45, 7) is 30.3. The van der Waals surface area contributed by atoms with Crippen LogP contribution in [0.5, 0.6) is 0 Å². The minimum absolute atomic E-state index is 0.250. The third-order valence-electron chi connectivity index (χ3n) is 12.3. The van der Waals surface area contributed by atoms with Crippen molar-refractivity contribution in [2.45, 2.75) is 85.5 Å². The van der Waals surface area contributed by atoms with E-state index in [-0.39, 0.29) is 18.2 Å². The number of rotatable bonds is 7. The van der Waals surface area contributed by atoms with E-state index in [0.717, 1.165) is 53.3 Å². The maximum Gasteiger partial charge on any atom is 0.235 e. The molecule has 7 nitrogen and oxygen atoms in total. The highest BCUT2D eigenvalue weighted by molar-refractivity contribution is 9.10. The summed E-state index contributed by atoms with van der Waals surface area (Å²) in [5.74, 6) is 0.366. The monoisotopic (exact) mass is 1290 g/mol. The first-order chi connectivity index (χ1) is 36.2. The summed E-state index contributed by atoms with van der Waals surface area (Å²) >= 11 is 14.4. The molecule has 17 heteroatoms. The lowest BCUT2D eigenvalue weighted by molar-refractivity contribution is 0.0816. The van der Waals surface area contributed by atoms with Gasteiger partial charge in [0.25, 0.3) is 0 Å². The van der Waals surface area contributed by atoms with Crippen molar-refractivity contribution >= 4 is 182 Å². The summed E-state index contributed by atoms with van der Waals surface area (Å²) in [5.41, 5.74) is 12.8. The maximum absolute atomic E-state index is 12.5. The number of nitrogen functional groups attached to an aromatic ring is 1. The Bertz CT molecular complexity index is 3640. The average Bonchev–Trinajstić information content (AvgIpc) is 4.24. The van der Waals surface area contributed by atoms with E-state index in [9.17, 15) is 14.4 Å². The number of thiophene rings is 4. The zero-order valence-corrected chi connectivity index (χ0v) is 56.5. The fourth-order valence-corrected chi connectivity index (χ4v) is 21.0. The minimum atomic E-state index is -1.48. The standard InChI is InChI=1S/C29H29BrN2S2Si2.C16H20O2S2Si2.C7H5BrO.C6H7N.C2H6O/c1-35(2,3)23-16-21-25-26(22-17-24(36(4,5)6)34-28(22)27(21)33-23)32(20-10-8-7-9-11-20)29(31-25)18-12-14-19(30)15-13-18;1-21(2,3)11-7-9-13(17)14(18)10-8-12(22(4,5)6)20-16(10)15(9)19-11;8-7-3-1-6(5-9)2-4-7;7-6-4-2-1-3-5-6;1-2-3/h7-17H,1-6H3;7-8H,1-6H3;1-5H;1-5H,7H2;3H,2H2,1H3. The van der Waals surface area contributed by atoms with Gasteiger partial charge in [-0.25, -0.2) is 4.98 Å². The number of aromatic nitrogens is 2. The molecule has 0 saturated heterocycles. The van der Waals surface area contributed by atoms with Crippen molar-refractivity contribution in [3.05, 3.63) is 159 Å². The molecule has 0 amide bonds. The Morgan fingerprint density at radius 1 is 0.558 bits per heavy atom. The molecular formula is C60H67Br2N3O4S4Si4. The fraction of sp³-hybridized carbons (Fsp3) is 0.233. The van der Waals surface area contributed by atoms with E-state index in [1.807, 2.05) is 77.3 Å². The fourth-order valence-electron chi connectivity index (χ4n) is 8.12. The molecule has 0 fully saturated rings. The molecule has 10 aromatic rings. The number of aliphatic hydroxyl groups excluding tert-OH is 1. The molecule has 0 aliphatic heterocycles. The van der Waals surface area contributed by atoms with Gasteiger partial charge in [-0.15, -0.1) is 45.3 Å². The SMILES string of the molecule is CCO.C[Si](C)(C)c1cc2c(s1)-c1sc([Si](C)(C)C)cc1C(=O)C2=O.C[Si](C)(C)c1cc2c3nc(-c4ccc(Br)cc4)n(-c4ccccc4)c3c3cc([Si](C)(C)C)sc3c2s1.Nc1ccccc1.O=Cc1ccc(Br)cc1. The number of carbonyl (C=O) groups excluding carboxylic acids is 3. The number of aldehydes is 1. The van der Waals surface area contributed by atoms with Crippen molar-refractivity contribution < 1.29 is 19.5 Å². The molecule has 0 atom stereocenters. The van der Waals surface area contributed by atoms with E-state index >= 15 is 0 Å². The quantitative estimate of drug-likeness (QED) is 0.0711. The van der Waals surface area contributed by atoms with Gasteiger partial charge >= 0.3 is 0 Å². The molecular weight excluding hydrogens is 1230 g/mol. The maximum atomic E-state index is 12.5. The first kappa shape index (κ1) is 60.1. The number of para-hydroxylation sites is 2. The number of nitrogens with zero attached hydrogens (tertiary/aromatic N) is 2. The Labute approximate surface area is 490 Å². The molecule has 0 spiro atoms. The van der Waals surface area contributed by atoms with Crippen LogP contribution < -0.4 is 23.7 Å². The number of hydrogen-bond donors (Lipinski definition) is 2. The van der Waals surface area contributed by atoms with Gasteiger partial charge < -0.3 is 10.8 Å². The number of fused-ring (bicyclic) bond motifs is 9.